The maximum absolute atomic E-state index is 11.9. The number of methoxy groups -OCH3 is 1. The molecule has 1 aromatic heterocycles. The summed E-state index contributed by atoms with van der Waals surface area (Å²) in [6.07, 6.45) is 0. The molecule has 1 heterocycles. The maximum atomic E-state index is 11.9. The quantitative estimate of drug-likeness (QED) is 0.492. The van der Waals surface area contributed by atoms with Crippen LogP contribution in [0, 0.1) is 13.7 Å². The van der Waals surface area contributed by atoms with Gasteiger partial charge < -0.3 is 9.72 Å². The molecule has 0 aliphatic heterocycles. The van der Waals surface area contributed by atoms with Crippen LogP contribution in [0.2, 0.25) is 0 Å². The van der Waals surface area contributed by atoms with Gasteiger partial charge in [-0.2, -0.15) is 0 Å². The SMILES string of the molecule is COCc1nc(-c2ccccc2[N+](=O)[O-])[nH]c(=O)c1I. The molecule has 104 valence electrons. The smallest absolute Gasteiger partial charge is 0.280 e. The molecule has 1 N–H and O–H groups in total. The highest BCUT2D eigenvalue weighted by molar-refractivity contribution is 14.1. The predicted octanol–water partition coefficient (Wildman–Crippen LogP) is 2.10. The van der Waals surface area contributed by atoms with Gasteiger partial charge in [0.2, 0.25) is 0 Å². The Morgan fingerprint density at radius 3 is 2.80 bits per heavy atom. The molecule has 0 atom stereocenters. The first-order chi connectivity index (χ1) is 9.54. The molecule has 0 saturated heterocycles. The zero-order valence-corrected chi connectivity index (χ0v) is 12.6. The number of halogens is 1. The Kier molecular flexibility index (Phi) is 4.45. The molecular formula is C12H10IN3O4. The molecule has 8 heteroatoms. The number of ether oxygens (including phenoxy) is 1. The zero-order chi connectivity index (χ0) is 14.7. The number of aromatic amines is 1. The molecule has 0 aliphatic rings. The van der Waals surface area contributed by atoms with Crippen molar-refractivity contribution < 1.29 is 9.66 Å². The lowest BCUT2D eigenvalue weighted by molar-refractivity contribution is -0.384. The highest BCUT2D eigenvalue weighted by Crippen LogP contribution is 2.26. The zero-order valence-electron chi connectivity index (χ0n) is 10.4. The van der Waals surface area contributed by atoms with Gasteiger partial charge in [0.05, 0.1) is 22.8 Å². The van der Waals surface area contributed by atoms with Crippen molar-refractivity contribution in [1.82, 2.24) is 9.97 Å². The Morgan fingerprint density at radius 1 is 1.45 bits per heavy atom. The number of hydrogen-bond acceptors (Lipinski definition) is 5. The Morgan fingerprint density at radius 2 is 2.15 bits per heavy atom. The minimum atomic E-state index is -0.511. The van der Waals surface area contributed by atoms with Crippen LogP contribution in [0.25, 0.3) is 11.4 Å². The first-order valence-corrected chi connectivity index (χ1v) is 6.64. The molecule has 1 aromatic carbocycles. The first kappa shape index (κ1) is 14.6. The van der Waals surface area contributed by atoms with Gasteiger partial charge in [0, 0.05) is 13.2 Å². The van der Waals surface area contributed by atoms with Crippen LogP contribution in [0.3, 0.4) is 0 Å². The highest BCUT2D eigenvalue weighted by atomic mass is 127. The monoisotopic (exact) mass is 387 g/mol. The summed E-state index contributed by atoms with van der Waals surface area (Å²) in [7, 11) is 1.49. The second-order valence-corrected chi connectivity index (χ2v) is 4.96. The van der Waals surface area contributed by atoms with Crippen molar-refractivity contribution in [3.63, 3.8) is 0 Å². The van der Waals surface area contributed by atoms with E-state index in [0.717, 1.165) is 0 Å². The van der Waals surface area contributed by atoms with Crippen LogP contribution in [0.15, 0.2) is 29.1 Å². The van der Waals surface area contributed by atoms with E-state index in [-0.39, 0.29) is 29.2 Å². The van der Waals surface area contributed by atoms with Crippen LogP contribution in [0.4, 0.5) is 5.69 Å². The minimum absolute atomic E-state index is 0.111. The number of nitrogens with zero attached hydrogens (tertiary/aromatic N) is 2. The Hall–Kier alpha value is -1.81. The fourth-order valence-corrected chi connectivity index (χ4v) is 2.11. The lowest BCUT2D eigenvalue weighted by atomic mass is 10.1. The summed E-state index contributed by atoms with van der Waals surface area (Å²) in [4.78, 5) is 29.2. The van der Waals surface area contributed by atoms with Crippen molar-refractivity contribution in [1.29, 1.82) is 0 Å². The molecule has 0 unspecified atom stereocenters. The molecule has 0 bridgehead atoms. The molecule has 2 aromatic rings. The van der Waals surface area contributed by atoms with Gasteiger partial charge in [-0.05, 0) is 28.7 Å². The summed E-state index contributed by atoms with van der Waals surface area (Å²) in [6, 6.07) is 6.11. The molecule has 0 spiro atoms. The van der Waals surface area contributed by atoms with Crippen LogP contribution < -0.4 is 5.56 Å². The summed E-state index contributed by atoms with van der Waals surface area (Å²) < 4.78 is 5.39. The van der Waals surface area contributed by atoms with Gasteiger partial charge in [0.25, 0.3) is 11.2 Å². The van der Waals surface area contributed by atoms with Gasteiger partial charge in [-0.25, -0.2) is 4.98 Å². The summed E-state index contributed by atoms with van der Waals surface area (Å²) >= 11 is 1.87. The van der Waals surface area contributed by atoms with Crippen molar-refractivity contribution >= 4 is 28.3 Å². The number of nitro benzene ring substituents is 1. The highest BCUT2D eigenvalue weighted by Gasteiger charge is 2.18. The van der Waals surface area contributed by atoms with E-state index in [1.54, 1.807) is 18.2 Å². The molecule has 0 amide bonds. The van der Waals surface area contributed by atoms with E-state index in [2.05, 4.69) is 9.97 Å². The van der Waals surface area contributed by atoms with Gasteiger partial charge in [0.15, 0.2) is 0 Å². The summed E-state index contributed by atoms with van der Waals surface area (Å²) in [5.74, 6) is 0.162. The fraction of sp³-hybridized carbons (Fsp3) is 0.167. The molecule has 2 rings (SSSR count). The molecule has 0 saturated carbocycles. The number of H-pyrrole nitrogens is 1. The van der Waals surface area contributed by atoms with E-state index in [1.165, 1.54) is 13.2 Å². The summed E-state index contributed by atoms with van der Waals surface area (Å²) in [6.45, 7) is 0.163. The van der Waals surface area contributed by atoms with E-state index in [9.17, 15) is 14.9 Å². The molecule has 7 nitrogen and oxygen atoms in total. The second kappa shape index (κ2) is 6.09. The molecular weight excluding hydrogens is 377 g/mol. The average Bonchev–Trinajstić information content (AvgIpc) is 2.43. The van der Waals surface area contributed by atoms with Gasteiger partial charge >= 0.3 is 0 Å². The number of hydrogen-bond donors (Lipinski definition) is 1. The third kappa shape index (κ3) is 2.85. The first-order valence-electron chi connectivity index (χ1n) is 5.56. The van der Waals surface area contributed by atoms with E-state index < -0.39 is 4.92 Å². The predicted molar refractivity (Wildman–Crippen MR) is 80.4 cm³/mol. The maximum Gasteiger partial charge on any atom is 0.280 e. The van der Waals surface area contributed by atoms with E-state index in [4.69, 9.17) is 4.74 Å². The van der Waals surface area contributed by atoms with Crippen LogP contribution in [0.1, 0.15) is 5.69 Å². The van der Waals surface area contributed by atoms with E-state index >= 15 is 0 Å². The average molecular weight is 387 g/mol. The fourth-order valence-electron chi connectivity index (χ4n) is 1.70. The number of rotatable bonds is 4. The number of para-hydroxylation sites is 1. The third-order valence-corrected chi connectivity index (χ3v) is 3.68. The van der Waals surface area contributed by atoms with Crippen LogP contribution in [-0.2, 0) is 11.3 Å². The van der Waals surface area contributed by atoms with Gasteiger partial charge in [0.1, 0.15) is 9.39 Å². The summed E-state index contributed by atoms with van der Waals surface area (Å²) in [5.41, 5.74) is 0.259. The van der Waals surface area contributed by atoms with Crippen molar-refractivity contribution in [3.05, 3.63) is 54.0 Å². The van der Waals surface area contributed by atoms with Gasteiger partial charge in [-0.1, -0.05) is 12.1 Å². The minimum Gasteiger partial charge on any atom is -0.378 e. The topological polar surface area (TPSA) is 98.1 Å². The molecule has 0 aliphatic carbocycles. The molecule has 0 radical (unpaired) electrons. The van der Waals surface area contributed by atoms with Gasteiger partial charge in [-0.15, -0.1) is 0 Å². The van der Waals surface area contributed by atoms with Crippen molar-refractivity contribution in [3.8, 4) is 11.4 Å². The van der Waals surface area contributed by atoms with Crippen LogP contribution in [-0.4, -0.2) is 22.0 Å². The normalized spacial score (nSPS) is 10.5. The van der Waals surface area contributed by atoms with Crippen molar-refractivity contribution in [2.75, 3.05) is 7.11 Å². The Labute approximate surface area is 127 Å². The number of nitrogens with one attached hydrogen (secondary N) is 1. The summed E-state index contributed by atoms with van der Waals surface area (Å²) in [5, 5.41) is 11.0. The van der Waals surface area contributed by atoms with Crippen LogP contribution in [0.5, 0.6) is 0 Å². The Bertz CT molecular complexity index is 714. The van der Waals surface area contributed by atoms with Gasteiger partial charge in [-0.3, -0.25) is 14.9 Å². The van der Waals surface area contributed by atoms with Crippen molar-refractivity contribution in [2.45, 2.75) is 6.61 Å². The third-order valence-electron chi connectivity index (χ3n) is 2.57. The molecule has 0 fully saturated rings. The van der Waals surface area contributed by atoms with Crippen LogP contribution >= 0.6 is 22.6 Å². The van der Waals surface area contributed by atoms with E-state index in [1.807, 2.05) is 22.6 Å². The standard InChI is InChI=1S/C12H10IN3O4/c1-20-6-8-10(13)12(17)15-11(14-8)7-4-2-3-5-9(7)16(18)19/h2-5H,6H2,1H3,(H,14,15,17). The lowest BCUT2D eigenvalue weighted by Gasteiger charge is -2.06. The van der Waals surface area contributed by atoms with Crippen molar-refractivity contribution in [2.24, 2.45) is 0 Å². The second-order valence-electron chi connectivity index (χ2n) is 3.88. The lowest BCUT2D eigenvalue weighted by Crippen LogP contribution is -2.17. The number of benzene rings is 1. The molecule has 20 heavy (non-hydrogen) atoms. The largest absolute Gasteiger partial charge is 0.378 e. The van der Waals surface area contributed by atoms with E-state index in [0.29, 0.717) is 9.26 Å². The number of aromatic nitrogens is 2. The Balaban J connectivity index is 2.65. The number of nitro groups is 1.